The minimum Gasteiger partial charge on any atom is -0.486 e. The Morgan fingerprint density at radius 2 is 2.11 bits per heavy atom. The van der Waals surface area contributed by atoms with Gasteiger partial charge < -0.3 is 4.74 Å². The molecule has 1 aromatic heterocycles. The second-order valence-electron chi connectivity index (χ2n) is 3.83. The van der Waals surface area contributed by atoms with Gasteiger partial charge in [0, 0.05) is 11.5 Å². The maximum absolute atomic E-state index is 6.07. The first kappa shape index (κ1) is 13.9. The number of rotatable bonds is 3. The first-order chi connectivity index (χ1) is 8.49. The smallest absolute Gasteiger partial charge is 0.139 e. The third kappa shape index (κ3) is 2.90. The highest BCUT2D eigenvalue weighted by Crippen LogP contribution is 2.29. The lowest BCUT2D eigenvalue weighted by molar-refractivity contribution is 0.294. The van der Waals surface area contributed by atoms with Crippen molar-refractivity contribution in [2.75, 3.05) is 0 Å². The van der Waals surface area contributed by atoms with Crippen LogP contribution < -0.4 is 4.74 Å². The molecule has 0 saturated carbocycles. The number of benzene rings is 1. The van der Waals surface area contributed by atoms with Crippen LogP contribution in [-0.2, 0) is 13.7 Å². The average molecular weight is 394 g/mol. The van der Waals surface area contributed by atoms with E-state index in [9.17, 15) is 0 Å². The van der Waals surface area contributed by atoms with Crippen molar-refractivity contribution >= 4 is 43.5 Å². The molecule has 18 heavy (non-hydrogen) atoms. The van der Waals surface area contributed by atoms with Gasteiger partial charge in [-0.05, 0) is 41.1 Å². The van der Waals surface area contributed by atoms with Gasteiger partial charge in [-0.2, -0.15) is 5.10 Å². The largest absolute Gasteiger partial charge is 0.486 e. The van der Waals surface area contributed by atoms with Crippen molar-refractivity contribution < 1.29 is 4.74 Å². The molecule has 1 aromatic carbocycles. The van der Waals surface area contributed by atoms with Gasteiger partial charge in [0.15, 0.2) is 0 Å². The lowest BCUT2D eigenvalue weighted by Gasteiger charge is -2.09. The molecular formula is C12H11Br2ClN2O. The standard InChI is InChI=1S/C12H11Br2ClN2O/c1-7-12(14)10(17(2)16-7)6-18-11-5-8(13)3-4-9(11)15/h3-5H,6H2,1-2H3. The van der Waals surface area contributed by atoms with Gasteiger partial charge in [-0.3, -0.25) is 4.68 Å². The van der Waals surface area contributed by atoms with E-state index < -0.39 is 0 Å². The molecule has 0 saturated heterocycles. The molecule has 0 aliphatic carbocycles. The van der Waals surface area contributed by atoms with Gasteiger partial charge in [0.2, 0.25) is 0 Å². The van der Waals surface area contributed by atoms with Crippen LogP contribution in [0.1, 0.15) is 11.4 Å². The van der Waals surface area contributed by atoms with Crippen LogP contribution in [-0.4, -0.2) is 9.78 Å². The van der Waals surface area contributed by atoms with E-state index >= 15 is 0 Å². The number of halogens is 3. The maximum atomic E-state index is 6.07. The molecule has 0 aliphatic rings. The predicted octanol–water partition coefficient (Wildman–Crippen LogP) is 4.49. The molecule has 2 rings (SSSR count). The monoisotopic (exact) mass is 392 g/mol. The summed E-state index contributed by atoms with van der Waals surface area (Å²) in [6.07, 6.45) is 0. The third-order valence-electron chi connectivity index (χ3n) is 2.52. The molecule has 0 unspecified atom stereocenters. The SMILES string of the molecule is Cc1nn(C)c(COc2cc(Br)ccc2Cl)c1Br. The van der Waals surface area contributed by atoms with E-state index in [1.54, 1.807) is 10.7 Å². The van der Waals surface area contributed by atoms with Gasteiger partial charge in [-0.25, -0.2) is 0 Å². The van der Waals surface area contributed by atoms with Crippen molar-refractivity contribution in [2.24, 2.45) is 7.05 Å². The molecule has 1 heterocycles. The molecule has 0 bridgehead atoms. The highest BCUT2D eigenvalue weighted by molar-refractivity contribution is 9.10. The van der Waals surface area contributed by atoms with E-state index in [4.69, 9.17) is 16.3 Å². The molecule has 0 N–H and O–H groups in total. The number of aromatic nitrogens is 2. The summed E-state index contributed by atoms with van der Waals surface area (Å²) in [6.45, 7) is 2.35. The van der Waals surface area contributed by atoms with E-state index in [-0.39, 0.29) is 0 Å². The zero-order valence-corrected chi connectivity index (χ0v) is 13.8. The van der Waals surface area contributed by atoms with E-state index in [1.165, 1.54) is 0 Å². The van der Waals surface area contributed by atoms with Crippen molar-refractivity contribution in [3.05, 3.63) is 43.6 Å². The topological polar surface area (TPSA) is 27.1 Å². The number of hydrogen-bond acceptors (Lipinski definition) is 2. The molecule has 0 radical (unpaired) electrons. The van der Waals surface area contributed by atoms with Gasteiger partial charge in [0.25, 0.3) is 0 Å². The zero-order valence-electron chi connectivity index (χ0n) is 9.88. The Morgan fingerprint density at radius 1 is 1.39 bits per heavy atom. The molecule has 2 aromatic rings. The Bertz CT molecular complexity index is 584. The quantitative estimate of drug-likeness (QED) is 0.767. The Labute approximate surface area is 127 Å². The minimum absolute atomic E-state index is 0.411. The van der Waals surface area contributed by atoms with E-state index in [1.807, 2.05) is 26.1 Å². The summed E-state index contributed by atoms with van der Waals surface area (Å²) in [5, 5.41) is 4.90. The van der Waals surface area contributed by atoms with Gasteiger partial charge >= 0.3 is 0 Å². The Hall–Kier alpha value is -0.520. The van der Waals surface area contributed by atoms with Crippen LogP contribution in [0.4, 0.5) is 0 Å². The van der Waals surface area contributed by atoms with E-state index in [0.717, 1.165) is 20.3 Å². The maximum Gasteiger partial charge on any atom is 0.139 e. The Kier molecular flexibility index (Phi) is 4.35. The van der Waals surface area contributed by atoms with Crippen molar-refractivity contribution in [3.8, 4) is 5.75 Å². The average Bonchev–Trinajstić information content (AvgIpc) is 2.55. The number of nitrogens with zero attached hydrogens (tertiary/aromatic N) is 2. The fourth-order valence-corrected chi connectivity index (χ4v) is 2.53. The van der Waals surface area contributed by atoms with Gasteiger partial charge in [-0.15, -0.1) is 0 Å². The normalized spacial score (nSPS) is 10.7. The highest BCUT2D eigenvalue weighted by atomic mass is 79.9. The lowest BCUT2D eigenvalue weighted by atomic mass is 10.3. The molecule has 0 spiro atoms. The zero-order chi connectivity index (χ0) is 13.3. The molecular weight excluding hydrogens is 383 g/mol. The Balaban J connectivity index is 2.19. The summed E-state index contributed by atoms with van der Waals surface area (Å²) >= 11 is 13.0. The molecule has 96 valence electrons. The number of ether oxygens (including phenoxy) is 1. The van der Waals surface area contributed by atoms with E-state index in [2.05, 4.69) is 37.0 Å². The highest BCUT2D eigenvalue weighted by Gasteiger charge is 2.12. The molecule has 0 amide bonds. The van der Waals surface area contributed by atoms with Gasteiger partial charge in [0.1, 0.15) is 12.4 Å². The summed E-state index contributed by atoms with van der Waals surface area (Å²) < 4.78 is 9.42. The van der Waals surface area contributed by atoms with Gasteiger partial charge in [-0.1, -0.05) is 27.5 Å². The number of hydrogen-bond donors (Lipinski definition) is 0. The minimum atomic E-state index is 0.411. The van der Waals surface area contributed by atoms with E-state index in [0.29, 0.717) is 17.4 Å². The fourth-order valence-electron chi connectivity index (χ4n) is 1.57. The molecule has 3 nitrogen and oxygen atoms in total. The third-order valence-corrected chi connectivity index (χ3v) is 4.36. The fraction of sp³-hybridized carbons (Fsp3) is 0.250. The summed E-state index contributed by atoms with van der Waals surface area (Å²) in [6, 6.07) is 5.52. The van der Waals surface area contributed by atoms with Crippen molar-refractivity contribution in [1.82, 2.24) is 9.78 Å². The predicted molar refractivity (Wildman–Crippen MR) is 79.1 cm³/mol. The molecule has 0 atom stereocenters. The van der Waals surface area contributed by atoms with Crippen molar-refractivity contribution in [1.29, 1.82) is 0 Å². The molecule has 6 heteroatoms. The summed E-state index contributed by atoms with van der Waals surface area (Å²) in [4.78, 5) is 0. The van der Waals surface area contributed by atoms with Crippen LogP contribution in [0, 0.1) is 6.92 Å². The van der Waals surface area contributed by atoms with Crippen LogP contribution in [0.15, 0.2) is 27.1 Å². The summed E-state index contributed by atoms with van der Waals surface area (Å²) in [5.74, 6) is 0.650. The molecule has 0 fully saturated rings. The second kappa shape index (κ2) is 5.63. The van der Waals surface area contributed by atoms with Crippen LogP contribution in [0.2, 0.25) is 5.02 Å². The van der Waals surface area contributed by atoms with Crippen LogP contribution in [0.3, 0.4) is 0 Å². The molecule has 0 aliphatic heterocycles. The second-order valence-corrected chi connectivity index (χ2v) is 5.95. The first-order valence-corrected chi connectivity index (χ1v) is 7.21. The van der Waals surface area contributed by atoms with Crippen LogP contribution >= 0.6 is 43.5 Å². The van der Waals surface area contributed by atoms with Crippen molar-refractivity contribution in [2.45, 2.75) is 13.5 Å². The van der Waals surface area contributed by atoms with Crippen LogP contribution in [0.5, 0.6) is 5.75 Å². The van der Waals surface area contributed by atoms with Crippen molar-refractivity contribution in [3.63, 3.8) is 0 Å². The summed E-state index contributed by atoms with van der Waals surface area (Å²) in [7, 11) is 1.89. The van der Waals surface area contributed by atoms with Crippen LogP contribution in [0.25, 0.3) is 0 Å². The van der Waals surface area contributed by atoms with Gasteiger partial charge in [0.05, 0.1) is 20.9 Å². The number of aryl methyl sites for hydroxylation is 2. The lowest BCUT2D eigenvalue weighted by Crippen LogP contribution is -2.04. The Morgan fingerprint density at radius 3 is 2.72 bits per heavy atom. The summed E-state index contributed by atoms with van der Waals surface area (Å²) in [5.41, 5.74) is 1.92. The first-order valence-electron chi connectivity index (χ1n) is 5.25.